The van der Waals surface area contributed by atoms with Gasteiger partial charge in [0.05, 0.1) is 5.02 Å². The first-order chi connectivity index (χ1) is 5.66. The molecule has 12 heavy (non-hydrogen) atoms. The summed E-state index contributed by atoms with van der Waals surface area (Å²) >= 11 is 6.08. The van der Waals surface area contributed by atoms with E-state index in [1.807, 2.05) is 13.1 Å². The number of rotatable bonds is 2. The largest absolute Gasteiger partial charge is 0.372 e. The van der Waals surface area contributed by atoms with Gasteiger partial charge in [-0.25, -0.2) is 4.98 Å². The molecule has 0 aliphatic heterocycles. The molecular formula is C9H13ClN2. The van der Waals surface area contributed by atoms with Gasteiger partial charge >= 0.3 is 0 Å². The lowest BCUT2D eigenvalue weighted by Crippen LogP contribution is -1.97. The molecule has 3 heteroatoms. The monoisotopic (exact) mass is 184 g/mol. The molecule has 1 heterocycles. The maximum absolute atomic E-state index is 6.08. The number of hydrogen-bond acceptors (Lipinski definition) is 2. The van der Waals surface area contributed by atoms with Crippen LogP contribution in [0.25, 0.3) is 0 Å². The maximum atomic E-state index is 6.08. The molecule has 1 aromatic rings. The zero-order valence-corrected chi connectivity index (χ0v) is 8.31. The first-order valence-corrected chi connectivity index (χ1v) is 4.36. The zero-order chi connectivity index (χ0) is 9.14. The van der Waals surface area contributed by atoms with Crippen LogP contribution in [-0.2, 0) is 0 Å². The molecule has 0 atom stereocenters. The van der Waals surface area contributed by atoms with Crippen LogP contribution in [0.2, 0.25) is 5.02 Å². The van der Waals surface area contributed by atoms with Gasteiger partial charge in [-0.1, -0.05) is 25.4 Å². The molecule has 0 radical (unpaired) electrons. The summed E-state index contributed by atoms with van der Waals surface area (Å²) < 4.78 is 0. The lowest BCUT2D eigenvalue weighted by atomic mass is 10.1. The van der Waals surface area contributed by atoms with Crippen molar-refractivity contribution in [2.75, 3.05) is 12.4 Å². The van der Waals surface area contributed by atoms with Crippen molar-refractivity contribution in [1.29, 1.82) is 0 Å². The van der Waals surface area contributed by atoms with Crippen LogP contribution in [0.3, 0.4) is 0 Å². The molecule has 0 aliphatic rings. The number of anilines is 1. The average Bonchev–Trinajstić information content (AvgIpc) is 2.04. The molecular weight excluding hydrogens is 172 g/mol. The molecule has 0 amide bonds. The van der Waals surface area contributed by atoms with Crippen LogP contribution in [0.15, 0.2) is 12.3 Å². The second-order valence-electron chi connectivity index (χ2n) is 2.97. The average molecular weight is 185 g/mol. The first-order valence-electron chi connectivity index (χ1n) is 3.99. The highest BCUT2D eigenvalue weighted by molar-refractivity contribution is 6.33. The fourth-order valence-corrected chi connectivity index (χ4v) is 1.50. The zero-order valence-electron chi connectivity index (χ0n) is 7.56. The summed E-state index contributed by atoms with van der Waals surface area (Å²) in [6, 6.07) is 1.95. The van der Waals surface area contributed by atoms with E-state index in [-0.39, 0.29) is 0 Å². The van der Waals surface area contributed by atoms with Crippen molar-refractivity contribution in [3.05, 3.63) is 22.8 Å². The summed E-state index contributed by atoms with van der Waals surface area (Å²) in [5, 5.41) is 3.68. The Morgan fingerprint density at radius 1 is 1.50 bits per heavy atom. The third kappa shape index (κ3) is 1.69. The lowest BCUT2D eigenvalue weighted by Gasteiger charge is -2.10. The summed E-state index contributed by atoms with van der Waals surface area (Å²) in [4.78, 5) is 4.10. The van der Waals surface area contributed by atoms with Gasteiger partial charge in [0.15, 0.2) is 0 Å². The molecule has 0 fully saturated rings. The summed E-state index contributed by atoms with van der Waals surface area (Å²) in [6.45, 7) is 4.22. The lowest BCUT2D eigenvalue weighted by molar-refractivity contribution is 0.864. The number of nitrogens with one attached hydrogen (secondary N) is 1. The smallest absolute Gasteiger partial charge is 0.144 e. The Bertz CT molecular complexity index is 271. The predicted molar refractivity (Wildman–Crippen MR) is 52.9 cm³/mol. The predicted octanol–water partition coefficient (Wildman–Crippen LogP) is 2.90. The van der Waals surface area contributed by atoms with Crippen LogP contribution in [0, 0.1) is 0 Å². The van der Waals surface area contributed by atoms with Gasteiger partial charge in [-0.15, -0.1) is 0 Å². The Balaban J connectivity index is 3.14. The molecule has 1 rings (SSSR count). The number of aromatic nitrogens is 1. The normalized spacial score (nSPS) is 10.4. The van der Waals surface area contributed by atoms with Gasteiger partial charge in [0.2, 0.25) is 0 Å². The van der Waals surface area contributed by atoms with Crippen molar-refractivity contribution < 1.29 is 0 Å². The minimum atomic E-state index is 0.438. The molecule has 1 aromatic heterocycles. The third-order valence-corrected chi connectivity index (χ3v) is 2.18. The summed E-state index contributed by atoms with van der Waals surface area (Å²) in [5.74, 6) is 1.19. The second kappa shape index (κ2) is 3.76. The van der Waals surface area contributed by atoms with Gasteiger partial charge in [0.1, 0.15) is 5.82 Å². The van der Waals surface area contributed by atoms with Crippen molar-refractivity contribution in [1.82, 2.24) is 4.98 Å². The van der Waals surface area contributed by atoms with Crippen molar-refractivity contribution in [2.24, 2.45) is 0 Å². The van der Waals surface area contributed by atoms with Crippen molar-refractivity contribution in [3.8, 4) is 0 Å². The summed E-state index contributed by atoms with van der Waals surface area (Å²) in [6.07, 6.45) is 1.77. The van der Waals surface area contributed by atoms with E-state index in [0.717, 1.165) is 16.4 Å². The first kappa shape index (κ1) is 9.33. The molecule has 1 N–H and O–H groups in total. The summed E-state index contributed by atoms with van der Waals surface area (Å²) in [7, 11) is 1.82. The van der Waals surface area contributed by atoms with Gasteiger partial charge in [-0.2, -0.15) is 0 Å². The fourth-order valence-electron chi connectivity index (χ4n) is 1.08. The van der Waals surface area contributed by atoms with Crippen LogP contribution in [0.4, 0.5) is 5.82 Å². The number of pyridine rings is 1. The minimum Gasteiger partial charge on any atom is -0.372 e. The van der Waals surface area contributed by atoms with E-state index in [1.165, 1.54) is 0 Å². The second-order valence-corrected chi connectivity index (χ2v) is 3.35. The van der Waals surface area contributed by atoms with E-state index in [2.05, 4.69) is 24.1 Å². The summed E-state index contributed by atoms with van der Waals surface area (Å²) in [5.41, 5.74) is 1.14. The van der Waals surface area contributed by atoms with Crippen LogP contribution in [0.5, 0.6) is 0 Å². The SMILES string of the molecule is CNc1nccc(C(C)C)c1Cl. The standard InChI is InChI=1S/C9H13ClN2/c1-6(2)7-4-5-12-9(11-3)8(7)10/h4-6H,1-3H3,(H,11,12). The van der Waals surface area contributed by atoms with Crippen LogP contribution in [0.1, 0.15) is 25.3 Å². The molecule has 66 valence electrons. The molecule has 0 aromatic carbocycles. The molecule has 0 saturated carbocycles. The Hall–Kier alpha value is -0.760. The number of halogens is 1. The Kier molecular flexibility index (Phi) is 2.93. The Morgan fingerprint density at radius 3 is 2.67 bits per heavy atom. The van der Waals surface area contributed by atoms with Crippen molar-refractivity contribution in [2.45, 2.75) is 19.8 Å². The van der Waals surface area contributed by atoms with E-state index >= 15 is 0 Å². The Labute approximate surface area is 78.0 Å². The van der Waals surface area contributed by atoms with Crippen LogP contribution in [-0.4, -0.2) is 12.0 Å². The van der Waals surface area contributed by atoms with Crippen molar-refractivity contribution >= 4 is 17.4 Å². The maximum Gasteiger partial charge on any atom is 0.144 e. The van der Waals surface area contributed by atoms with Gasteiger partial charge in [0.25, 0.3) is 0 Å². The molecule has 0 spiro atoms. The molecule has 2 nitrogen and oxygen atoms in total. The van der Waals surface area contributed by atoms with E-state index in [0.29, 0.717) is 5.92 Å². The topological polar surface area (TPSA) is 24.9 Å². The van der Waals surface area contributed by atoms with Gasteiger partial charge in [-0.05, 0) is 17.5 Å². The van der Waals surface area contributed by atoms with E-state index in [9.17, 15) is 0 Å². The van der Waals surface area contributed by atoms with Crippen LogP contribution >= 0.6 is 11.6 Å². The highest BCUT2D eigenvalue weighted by Crippen LogP contribution is 2.28. The molecule has 0 aliphatic carbocycles. The highest BCUT2D eigenvalue weighted by atomic mass is 35.5. The Morgan fingerprint density at radius 2 is 2.17 bits per heavy atom. The minimum absolute atomic E-state index is 0.438. The third-order valence-electron chi connectivity index (χ3n) is 1.78. The van der Waals surface area contributed by atoms with E-state index in [1.54, 1.807) is 6.20 Å². The highest BCUT2D eigenvalue weighted by Gasteiger charge is 2.08. The quantitative estimate of drug-likeness (QED) is 0.765. The molecule has 0 unspecified atom stereocenters. The van der Waals surface area contributed by atoms with Crippen LogP contribution < -0.4 is 5.32 Å². The number of hydrogen-bond donors (Lipinski definition) is 1. The van der Waals surface area contributed by atoms with Gasteiger partial charge in [-0.3, -0.25) is 0 Å². The molecule has 0 saturated heterocycles. The fraction of sp³-hybridized carbons (Fsp3) is 0.444. The van der Waals surface area contributed by atoms with E-state index < -0.39 is 0 Å². The van der Waals surface area contributed by atoms with Gasteiger partial charge in [0, 0.05) is 13.2 Å². The number of nitrogens with zero attached hydrogens (tertiary/aromatic N) is 1. The van der Waals surface area contributed by atoms with Crippen molar-refractivity contribution in [3.63, 3.8) is 0 Å². The van der Waals surface area contributed by atoms with Gasteiger partial charge < -0.3 is 5.32 Å². The molecule has 0 bridgehead atoms. The van der Waals surface area contributed by atoms with E-state index in [4.69, 9.17) is 11.6 Å².